The Morgan fingerprint density at radius 1 is 1.08 bits per heavy atom. The van der Waals surface area contributed by atoms with Gasteiger partial charge in [0.05, 0.1) is 24.3 Å². The van der Waals surface area contributed by atoms with Crippen LogP contribution in [0.1, 0.15) is 55.8 Å². The van der Waals surface area contributed by atoms with Gasteiger partial charge in [-0.2, -0.15) is 5.10 Å². The van der Waals surface area contributed by atoms with E-state index >= 15 is 0 Å². The second kappa shape index (κ2) is 11.9. The molecule has 3 aromatic rings. The molecule has 10 nitrogen and oxygen atoms in total. The molecule has 0 unspecified atom stereocenters. The second-order valence-corrected chi connectivity index (χ2v) is 9.69. The van der Waals surface area contributed by atoms with E-state index in [2.05, 4.69) is 15.6 Å². The molecule has 0 spiro atoms. The fourth-order valence-electron chi connectivity index (χ4n) is 4.32. The maximum absolute atomic E-state index is 13.8. The molecule has 2 atom stereocenters. The van der Waals surface area contributed by atoms with Crippen LogP contribution in [0.4, 0.5) is 4.39 Å². The highest BCUT2D eigenvalue weighted by Crippen LogP contribution is 2.24. The van der Waals surface area contributed by atoms with Crippen LogP contribution in [-0.2, 0) is 16.1 Å². The number of halogens is 1. The van der Waals surface area contributed by atoms with Gasteiger partial charge in [-0.1, -0.05) is 44.2 Å². The van der Waals surface area contributed by atoms with Crippen LogP contribution in [0.3, 0.4) is 0 Å². The van der Waals surface area contributed by atoms with Crippen LogP contribution in [0.25, 0.3) is 11.4 Å². The van der Waals surface area contributed by atoms with Crippen LogP contribution in [-0.4, -0.2) is 61.5 Å². The van der Waals surface area contributed by atoms with Gasteiger partial charge in [0, 0.05) is 31.3 Å². The molecule has 3 heterocycles. The zero-order valence-corrected chi connectivity index (χ0v) is 21.7. The van der Waals surface area contributed by atoms with Gasteiger partial charge in [0.15, 0.2) is 11.6 Å². The standard InChI is InChI=1S/C27H32FN7O3/c1-17(2)23-25-32-24(19-8-5-4-6-9-19)33-35(25)13-12-34(27(38)20-14-21(28)16-29-15-20)11-7-10-22(36)30-18(3)26(37)31-23/h4-6,8-9,14-18,23H,7,10-13H2,1-3H3,(H,30,36)(H,31,37)/t18-,23+/m1/s1. The monoisotopic (exact) mass is 521 g/mol. The predicted octanol–water partition coefficient (Wildman–Crippen LogP) is 2.73. The van der Waals surface area contributed by atoms with E-state index in [1.54, 1.807) is 16.5 Å². The van der Waals surface area contributed by atoms with Crippen molar-refractivity contribution in [1.82, 2.24) is 35.3 Å². The topological polar surface area (TPSA) is 122 Å². The van der Waals surface area contributed by atoms with E-state index in [0.717, 1.165) is 17.8 Å². The maximum Gasteiger partial charge on any atom is 0.255 e. The minimum atomic E-state index is -0.757. The van der Waals surface area contributed by atoms with Gasteiger partial charge in [-0.15, -0.1) is 0 Å². The highest BCUT2D eigenvalue weighted by Gasteiger charge is 2.29. The third-order valence-electron chi connectivity index (χ3n) is 6.40. The lowest BCUT2D eigenvalue weighted by Crippen LogP contribution is -2.47. The number of rotatable bonds is 3. The smallest absolute Gasteiger partial charge is 0.255 e. The maximum atomic E-state index is 13.8. The Labute approximate surface area is 220 Å². The molecule has 4 rings (SSSR count). The van der Waals surface area contributed by atoms with Gasteiger partial charge in [0.2, 0.25) is 11.8 Å². The van der Waals surface area contributed by atoms with Crippen molar-refractivity contribution in [3.05, 3.63) is 66.0 Å². The van der Waals surface area contributed by atoms with Gasteiger partial charge in [-0.05, 0) is 25.3 Å². The second-order valence-electron chi connectivity index (χ2n) is 9.69. The van der Waals surface area contributed by atoms with Gasteiger partial charge >= 0.3 is 0 Å². The molecule has 38 heavy (non-hydrogen) atoms. The summed E-state index contributed by atoms with van der Waals surface area (Å²) in [6, 6.07) is 9.39. The fraction of sp³-hybridized carbons (Fsp3) is 0.407. The molecule has 0 fully saturated rings. The van der Waals surface area contributed by atoms with Gasteiger partial charge < -0.3 is 15.5 Å². The molecule has 1 aromatic carbocycles. The van der Waals surface area contributed by atoms with E-state index in [9.17, 15) is 18.8 Å². The molecule has 1 aliphatic rings. The number of pyridine rings is 1. The number of nitrogens with one attached hydrogen (secondary N) is 2. The molecule has 0 bridgehead atoms. The van der Waals surface area contributed by atoms with Crippen LogP contribution in [0, 0.1) is 11.7 Å². The van der Waals surface area contributed by atoms with Crippen molar-refractivity contribution in [1.29, 1.82) is 0 Å². The summed E-state index contributed by atoms with van der Waals surface area (Å²) < 4.78 is 15.5. The largest absolute Gasteiger partial charge is 0.345 e. The van der Waals surface area contributed by atoms with Crippen LogP contribution < -0.4 is 10.6 Å². The Hall–Kier alpha value is -4.15. The average molecular weight is 522 g/mol. The highest BCUT2D eigenvalue weighted by molar-refractivity contribution is 5.94. The normalized spacial score (nSPS) is 19.3. The molecule has 0 saturated carbocycles. The highest BCUT2D eigenvalue weighted by atomic mass is 19.1. The third-order valence-corrected chi connectivity index (χ3v) is 6.40. The first-order chi connectivity index (χ1) is 18.2. The van der Waals surface area contributed by atoms with E-state index in [0.29, 0.717) is 18.1 Å². The van der Waals surface area contributed by atoms with Gasteiger partial charge in [0.25, 0.3) is 5.91 Å². The zero-order chi connectivity index (χ0) is 27.2. The number of nitrogens with zero attached hydrogens (tertiary/aromatic N) is 5. The zero-order valence-electron chi connectivity index (χ0n) is 21.7. The lowest BCUT2D eigenvalue weighted by Gasteiger charge is -2.27. The Morgan fingerprint density at radius 3 is 2.55 bits per heavy atom. The summed E-state index contributed by atoms with van der Waals surface area (Å²) in [4.78, 5) is 48.9. The van der Waals surface area contributed by atoms with Gasteiger partial charge in [0.1, 0.15) is 11.9 Å². The number of benzene rings is 1. The number of aromatic nitrogens is 4. The minimum Gasteiger partial charge on any atom is -0.345 e. The van der Waals surface area contributed by atoms with Crippen molar-refractivity contribution in [2.45, 2.75) is 52.2 Å². The summed E-state index contributed by atoms with van der Waals surface area (Å²) in [7, 11) is 0. The van der Waals surface area contributed by atoms with Crippen molar-refractivity contribution in [3.63, 3.8) is 0 Å². The lowest BCUT2D eigenvalue weighted by atomic mass is 10.0. The molecule has 0 saturated heterocycles. The molecule has 0 aliphatic carbocycles. The van der Waals surface area contributed by atoms with Crippen LogP contribution >= 0.6 is 0 Å². The first kappa shape index (κ1) is 26.9. The molecule has 3 amide bonds. The number of fused-ring (bicyclic) bond motifs is 1. The molecular weight excluding hydrogens is 489 g/mol. The number of hydrogen-bond donors (Lipinski definition) is 2. The Bertz CT molecular complexity index is 1290. The first-order valence-electron chi connectivity index (χ1n) is 12.7. The number of carbonyl (C=O) groups excluding carboxylic acids is 3. The fourth-order valence-corrected chi connectivity index (χ4v) is 4.32. The average Bonchev–Trinajstić information content (AvgIpc) is 3.32. The van der Waals surface area contributed by atoms with Crippen molar-refractivity contribution in [3.8, 4) is 11.4 Å². The van der Waals surface area contributed by atoms with Crippen LogP contribution in [0.15, 0.2) is 48.8 Å². The molecule has 0 radical (unpaired) electrons. The Morgan fingerprint density at radius 2 is 1.84 bits per heavy atom. The number of hydrogen-bond acceptors (Lipinski definition) is 6. The summed E-state index contributed by atoms with van der Waals surface area (Å²) in [5.41, 5.74) is 0.943. The van der Waals surface area contributed by atoms with Crippen molar-refractivity contribution in [2.75, 3.05) is 13.1 Å². The van der Waals surface area contributed by atoms with E-state index < -0.39 is 23.8 Å². The molecule has 2 aromatic heterocycles. The van der Waals surface area contributed by atoms with Crippen molar-refractivity contribution in [2.24, 2.45) is 5.92 Å². The SMILES string of the molecule is CC(C)[C@@H]1NC(=O)[C@@H](C)NC(=O)CCCN(C(=O)c2cncc(F)c2)CCn2nc(-c3ccccc3)nc21. The number of carbonyl (C=O) groups is 3. The molecule has 2 N–H and O–H groups in total. The minimum absolute atomic E-state index is 0.0440. The van der Waals surface area contributed by atoms with Crippen molar-refractivity contribution >= 4 is 17.7 Å². The van der Waals surface area contributed by atoms with E-state index in [1.165, 1.54) is 6.20 Å². The van der Waals surface area contributed by atoms with Crippen LogP contribution in [0.5, 0.6) is 0 Å². The van der Waals surface area contributed by atoms with E-state index in [-0.39, 0.29) is 49.4 Å². The lowest BCUT2D eigenvalue weighted by molar-refractivity contribution is -0.129. The van der Waals surface area contributed by atoms with Gasteiger partial charge in [-0.3, -0.25) is 19.4 Å². The summed E-state index contributed by atoms with van der Waals surface area (Å²) in [6.07, 6.45) is 2.86. The van der Waals surface area contributed by atoms with E-state index in [4.69, 9.17) is 10.1 Å². The third kappa shape index (κ3) is 6.39. The predicted molar refractivity (Wildman–Crippen MR) is 138 cm³/mol. The first-order valence-corrected chi connectivity index (χ1v) is 12.7. The molecular formula is C27H32FN7O3. The number of amides is 3. The summed E-state index contributed by atoms with van der Waals surface area (Å²) >= 11 is 0. The quantitative estimate of drug-likeness (QED) is 0.547. The van der Waals surface area contributed by atoms with Crippen LogP contribution in [0.2, 0.25) is 0 Å². The van der Waals surface area contributed by atoms with E-state index in [1.807, 2.05) is 44.2 Å². The van der Waals surface area contributed by atoms with Crippen molar-refractivity contribution < 1.29 is 18.8 Å². The summed E-state index contributed by atoms with van der Waals surface area (Å²) in [6.45, 7) is 6.33. The summed E-state index contributed by atoms with van der Waals surface area (Å²) in [5.74, 6) is -0.608. The molecule has 1 aliphatic heterocycles. The van der Waals surface area contributed by atoms with Gasteiger partial charge in [-0.25, -0.2) is 14.1 Å². The Balaban J connectivity index is 1.72. The summed E-state index contributed by atoms with van der Waals surface area (Å²) in [5, 5.41) is 10.5. The molecule has 200 valence electrons. The molecule has 11 heteroatoms. The Kier molecular flexibility index (Phi) is 8.45.